The first-order valence-electron chi connectivity index (χ1n) is 8.63. The number of nitrogens with zero attached hydrogens (tertiary/aromatic N) is 3. The summed E-state index contributed by atoms with van der Waals surface area (Å²) in [6.45, 7) is 5.60. The van der Waals surface area contributed by atoms with E-state index in [1.54, 1.807) is 4.80 Å². The summed E-state index contributed by atoms with van der Waals surface area (Å²) in [6, 6.07) is 18.4. The maximum absolute atomic E-state index is 6.28. The Labute approximate surface area is 153 Å². The van der Waals surface area contributed by atoms with Gasteiger partial charge in [-0.05, 0) is 25.0 Å². The molecule has 5 heteroatoms. The highest BCUT2D eigenvalue weighted by molar-refractivity contribution is 6.31. The Morgan fingerprint density at radius 1 is 1.04 bits per heavy atom. The van der Waals surface area contributed by atoms with Crippen molar-refractivity contribution in [2.75, 3.05) is 0 Å². The van der Waals surface area contributed by atoms with Crippen LogP contribution in [-0.4, -0.2) is 21.0 Å². The average Bonchev–Trinajstić information content (AvgIpc) is 3.05. The number of halogens is 1. The lowest BCUT2D eigenvalue weighted by Crippen LogP contribution is -2.25. The molecule has 0 radical (unpaired) electrons. The average molecular weight is 355 g/mol. The van der Waals surface area contributed by atoms with Crippen LogP contribution in [0.3, 0.4) is 0 Å². The Kier molecular flexibility index (Phi) is 5.84. The quantitative estimate of drug-likeness (QED) is 0.677. The zero-order valence-corrected chi connectivity index (χ0v) is 15.4. The Morgan fingerprint density at radius 3 is 2.48 bits per heavy atom. The van der Waals surface area contributed by atoms with E-state index in [1.165, 1.54) is 0 Å². The van der Waals surface area contributed by atoms with Crippen LogP contribution in [0.25, 0.3) is 11.3 Å². The first-order valence-corrected chi connectivity index (χ1v) is 9.01. The van der Waals surface area contributed by atoms with E-state index < -0.39 is 0 Å². The summed E-state index contributed by atoms with van der Waals surface area (Å²) >= 11 is 6.28. The fraction of sp³-hybridized carbons (Fsp3) is 0.300. The summed E-state index contributed by atoms with van der Waals surface area (Å²) in [5.41, 5.74) is 3.97. The minimum absolute atomic E-state index is 0.442. The summed E-state index contributed by atoms with van der Waals surface area (Å²) in [5.74, 6) is 0. The Hall–Kier alpha value is -2.17. The number of nitrogens with one attached hydrogen (secondary N) is 1. The van der Waals surface area contributed by atoms with Gasteiger partial charge in [-0.2, -0.15) is 15.0 Å². The molecule has 0 aliphatic rings. The van der Waals surface area contributed by atoms with E-state index in [0.29, 0.717) is 19.1 Å². The van der Waals surface area contributed by atoms with Crippen molar-refractivity contribution in [3.63, 3.8) is 0 Å². The van der Waals surface area contributed by atoms with Crippen molar-refractivity contribution in [3.8, 4) is 11.3 Å². The van der Waals surface area contributed by atoms with Gasteiger partial charge in [0.2, 0.25) is 0 Å². The van der Waals surface area contributed by atoms with Crippen LogP contribution in [0.4, 0.5) is 0 Å². The molecule has 1 N–H and O–H groups in total. The molecule has 3 aromatic rings. The van der Waals surface area contributed by atoms with E-state index in [1.807, 2.05) is 42.5 Å². The van der Waals surface area contributed by atoms with E-state index >= 15 is 0 Å². The van der Waals surface area contributed by atoms with Crippen molar-refractivity contribution in [3.05, 3.63) is 70.9 Å². The SMILES string of the molecule is CC[C@@H](C)NCc1nn(Cc2ccccc2Cl)nc1-c1ccccc1. The molecule has 0 bridgehead atoms. The van der Waals surface area contributed by atoms with Crippen molar-refractivity contribution in [2.45, 2.75) is 39.4 Å². The molecule has 0 spiro atoms. The lowest BCUT2D eigenvalue weighted by Gasteiger charge is -2.10. The van der Waals surface area contributed by atoms with Gasteiger partial charge < -0.3 is 5.32 Å². The molecule has 130 valence electrons. The van der Waals surface area contributed by atoms with Gasteiger partial charge in [0, 0.05) is 23.2 Å². The van der Waals surface area contributed by atoms with Crippen LogP contribution < -0.4 is 5.32 Å². The van der Waals surface area contributed by atoms with E-state index in [2.05, 4.69) is 31.3 Å². The third-order valence-electron chi connectivity index (χ3n) is 4.27. The molecule has 0 aliphatic carbocycles. The number of benzene rings is 2. The minimum Gasteiger partial charge on any atom is -0.309 e. The normalized spacial score (nSPS) is 12.3. The maximum atomic E-state index is 6.28. The molecule has 0 unspecified atom stereocenters. The molecule has 4 nitrogen and oxygen atoms in total. The summed E-state index contributed by atoms with van der Waals surface area (Å²) in [4.78, 5) is 1.73. The second-order valence-corrected chi connectivity index (χ2v) is 6.58. The van der Waals surface area contributed by atoms with Gasteiger partial charge in [0.15, 0.2) is 0 Å². The molecule has 0 saturated heterocycles. The highest BCUT2D eigenvalue weighted by atomic mass is 35.5. The van der Waals surface area contributed by atoms with E-state index in [0.717, 1.165) is 34.0 Å². The summed E-state index contributed by atoms with van der Waals surface area (Å²) in [7, 11) is 0. The third kappa shape index (κ3) is 4.47. The van der Waals surface area contributed by atoms with Gasteiger partial charge in [0.25, 0.3) is 0 Å². The largest absolute Gasteiger partial charge is 0.309 e. The van der Waals surface area contributed by atoms with E-state index in [-0.39, 0.29) is 0 Å². The van der Waals surface area contributed by atoms with Crippen LogP contribution >= 0.6 is 11.6 Å². The summed E-state index contributed by atoms with van der Waals surface area (Å²) in [6.07, 6.45) is 1.08. The second-order valence-electron chi connectivity index (χ2n) is 6.17. The van der Waals surface area contributed by atoms with Crippen LogP contribution in [-0.2, 0) is 13.1 Å². The van der Waals surface area contributed by atoms with Crippen molar-refractivity contribution in [1.29, 1.82) is 0 Å². The predicted octanol–water partition coefficient (Wildman–Crippen LogP) is 4.53. The minimum atomic E-state index is 0.442. The van der Waals surface area contributed by atoms with Crippen LogP contribution in [0, 0.1) is 0 Å². The number of hydrogen-bond acceptors (Lipinski definition) is 3. The zero-order chi connectivity index (χ0) is 17.6. The van der Waals surface area contributed by atoms with Gasteiger partial charge in [0.05, 0.1) is 6.54 Å². The molecule has 0 amide bonds. The van der Waals surface area contributed by atoms with Gasteiger partial charge in [0.1, 0.15) is 11.4 Å². The van der Waals surface area contributed by atoms with Crippen LogP contribution in [0.15, 0.2) is 54.6 Å². The fourth-order valence-electron chi connectivity index (χ4n) is 2.59. The Bertz CT molecular complexity index is 814. The lowest BCUT2D eigenvalue weighted by atomic mass is 10.1. The second kappa shape index (κ2) is 8.28. The fourth-order valence-corrected chi connectivity index (χ4v) is 2.78. The standard InChI is InChI=1S/C20H23ClN4/c1-3-15(2)22-13-19-20(16-9-5-4-6-10-16)24-25(23-19)14-17-11-7-8-12-18(17)21/h4-12,15,22H,3,13-14H2,1-2H3/t15-/m1/s1. The van der Waals surface area contributed by atoms with Crippen molar-refractivity contribution in [1.82, 2.24) is 20.3 Å². The first kappa shape index (κ1) is 17.6. The monoisotopic (exact) mass is 354 g/mol. The molecule has 25 heavy (non-hydrogen) atoms. The van der Waals surface area contributed by atoms with Crippen LogP contribution in [0.5, 0.6) is 0 Å². The molecule has 1 atom stereocenters. The lowest BCUT2D eigenvalue weighted by molar-refractivity contribution is 0.520. The molecule has 1 aromatic heterocycles. The van der Waals surface area contributed by atoms with Gasteiger partial charge >= 0.3 is 0 Å². The van der Waals surface area contributed by atoms with Crippen LogP contribution in [0.1, 0.15) is 31.5 Å². The molecular weight excluding hydrogens is 332 g/mol. The highest BCUT2D eigenvalue weighted by Gasteiger charge is 2.14. The summed E-state index contributed by atoms with van der Waals surface area (Å²) in [5, 5.41) is 13.7. The maximum Gasteiger partial charge on any atom is 0.117 e. The molecule has 0 aliphatic heterocycles. The van der Waals surface area contributed by atoms with Crippen LogP contribution in [0.2, 0.25) is 5.02 Å². The smallest absolute Gasteiger partial charge is 0.117 e. The highest BCUT2D eigenvalue weighted by Crippen LogP contribution is 2.21. The van der Waals surface area contributed by atoms with Crippen molar-refractivity contribution >= 4 is 11.6 Å². The molecular formula is C20H23ClN4. The van der Waals surface area contributed by atoms with Crippen molar-refractivity contribution < 1.29 is 0 Å². The molecule has 2 aromatic carbocycles. The van der Waals surface area contributed by atoms with E-state index in [9.17, 15) is 0 Å². The van der Waals surface area contributed by atoms with Gasteiger partial charge in [-0.1, -0.05) is 67.1 Å². The van der Waals surface area contributed by atoms with E-state index in [4.69, 9.17) is 21.8 Å². The Balaban J connectivity index is 1.90. The van der Waals surface area contributed by atoms with Gasteiger partial charge in [-0.25, -0.2) is 0 Å². The number of rotatable bonds is 7. The molecule has 0 fully saturated rings. The Morgan fingerprint density at radius 2 is 1.76 bits per heavy atom. The predicted molar refractivity (Wildman–Crippen MR) is 103 cm³/mol. The summed E-state index contributed by atoms with van der Waals surface area (Å²) < 4.78 is 0. The zero-order valence-electron chi connectivity index (χ0n) is 14.6. The topological polar surface area (TPSA) is 42.7 Å². The number of hydrogen-bond donors (Lipinski definition) is 1. The number of aromatic nitrogens is 3. The molecule has 1 heterocycles. The van der Waals surface area contributed by atoms with Gasteiger partial charge in [-0.3, -0.25) is 0 Å². The third-order valence-corrected chi connectivity index (χ3v) is 4.64. The molecule has 0 saturated carbocycles. The van der Waals surface area contributed by atoms with Gasteiger partial charge in [-0.15, -0.1) is 0 Å². The molecule has 3 rings (SSSR count). The van der Waals surface area contributed by atoms with Crippen molar-refractivity contribution in [2.24, 2.45) is 0 Å². The first-order chi connectivity index (χ1) is 12.2.